The number of amides is 1. The second-order valence-corrected chi connectivity index (χ2v) is 8.94. The van der Waals surface area contributed by atoms with Crippen LogP contribution < -0.4 is 9.47 Å². The number of methoxy groups -OCH3 is 1. The Labute approximate surface area is 197 Å². The fourth-order valence-corrected chi connectivity index (χ4v) is 6.39. The van der Waals surface area contributed by atoms with Crippen LogP contribution in [0.15, 0.2) is 37.4 Å². The number of rotatable bonds is 6. The number of Topliss-reactive ketones (excluding diaryl/α,β-unsaturated/α-hetero) is 1. The van der Waals surface area contributed by atoms with Crippen LogP contribution in [0.5, 0.6) is 11.5 Å². The van der Waals surface area contributed by atoms with E-state index in [0.717, 1.165) is 11.1 Å². The van der Waals surface area contributed by atoms with E-state index >= 15 is 0 Å². The smallest absolute Gasteiger partial charge is 0.493 e. The molecule has 4 atom stereocenters. The molecule has 1 aromatic carbocycles. The number of ketones is 1. The highest BCUT2D eigenvalue weighted by atomic mass is 16.7. The number of hydrogen-bond donors (Lipinski definition) is 0. The maximum atomic E-state index is 13.2. The number of carbonyl (C=O) groups is 3. The lowest BCUT2D eigenvalue weighted by atomic mass is 9.49. The number of carbonyl (C=O) groups excluding carboxylic acids is 3. The average Bonchev–Trinajstić information content (AvgIpc) is 3.18. The highest BCUT2D eigenvalue weighted by Gasteiger charge is 2.76. The first kappa shape index (κ1) is 22.3. The van der Waals surface area contributed by atoms with Gasteiger partial charge >= 0.3 is 12.2 Å². The zero-order valence-electron chi connectivity index (χ0n) is 19.0. The van der Waals surface area contributed by atoms with Crippen molar-refractivity contribution in [2.45, 2.75) is 48.8 Å². The third-order valence-electron chi connectivity index (χ3n) is 7.57. The summed E-state index contributed by atoms with van der Waals surface area (Å²) < 4.78 is 28.6. The molecule has 0 radical (unpaired) electrons. The van der Waals surface area contributed by atoms with Gasteiger partial charge in [-0.05, 0) is 30.9 Å². The molecular formula is C25H27NO8. The molecule has 34 heavy (non-hydrogen) atoms. The van der Waals surface area contributed by atoms with E-state index < -0.39 is 35.4 Å². The van der Waals surface area contributed by atoms with Gasteiger partial charge in [0.05, 0.1) is 18.6 Å². The molecule has 1 spiro atoms. The van der Waals surface area contributed by atoms with Crippen molar-refractivity contribution >= 4 is 18.0 Å². The minimum absolute atomic E-state index is 0.0216. The first-order chi connectivity index (χ1) is 16.4. The highest BCUT2D eigenvalue weighted by Crippen LogP contribution is 2.66. The van der Waals surface area contributed by atoms with Gasteiger partial charge in [0.1, 0.15) is 13.2 Å². The van der Waals surface area contributed by atoms with E-state index in [9.17, 15) is 14.4 Å². The Morgan fingerprint density at radius 1 is 1.21 bits per heavy atom. The van der Waals surface area contributed by atoms with E-state index in [4.69, 9.17) is 23.7 Å². The summed E-state index contributed by atoms with van der Waals surface area (Å²) in [7, 11) is 1.54. The normalized spacial score (nSPS) is 29.9. The molecule has 4 aliphatic rings. The quantitative estimate of drug-likeness (QED) is 0.463. The summed E-state index contributed by atoms with van der Waals surface area (Å²) in [6.45, 7) is 7.53. The van der Waals surface area contributed by atoms with Gasteiger partial charge in [0.2, 0.25) is 0 Å². The second kappa shape index (κ2) is 8.07. The van der Waals surface area contributed by atoms with Crippen LogP contribution in [0.3, 0.4) is 0 Å². The Morgan fingerprint density at radius 2 is 1.97 bits per heavy atom. The Bertz CT molecular complexity index is 1080. The molecule has 1 saturated heterocycles. The maximum absolute atomic E-state index is 13.2. The van der Waals surface area contributed by atoms with Crippen molar-refractivity contribution < 1.29 is 38.1 Å². The Morgan fingerprint density at radius 3 is 2.71 bits per heavy atom. The Kier molecular flexibility index (Phi) is 5.30. The molecule has 5 rings (SSSR count). The highest BCUT2D eigenvalue weighted by molar-refractivity contribution is 5.90. The summed E-state index contributed by atoms with van der Waals surface area (Å²) >= 11 is 0. The van der Waals surface area contributed by atoms with Crippen LogP contribution in [0.1, 0.15) is 30.4 Å². The standard InChI is InChI=1S/C25H27NO8/c1-4-12-31-22(28)26-11-10-24-19-15-6-7-17(30-3)20(19)33-21(24)16(27)8-9-25(24,18(26)14-15)34-23(29)32-13-5-2/h4-7,18,21H,1-2,8-14H2,3H3/t18-,21+,24?,25-/m1/s1. The van der Waals surface area contributed by atoms with Gasteiger partial charge in [0.25, 0.3) is 0 Å². The lowest BCUT2D eigenvalue weighted by molar-refractivity contribution is -0.191. The molecule has 2 aliphatic heterocycles. The predicted molar refractivity (Wildman–Crippen MR) is 119 cm³/mol. The van der Waals surface area contributed by atoms with Gasteiger partial charge in [-0.2, -0.15) is 0 Å². The molecule has 0 N–H and O–H groups in total. The van der Waals surface area contributed by atoms with Crippen LogP contribution in [0, 0.1) is 0 Å². The zero-order valence-corrected chi connectivity index (χ0v) is 19.0. The van der Waals surface area contributed by atoms with Crippen molar-refractivity contribution in [2.75, 3.05) is 26.9 Å². The van der Waals surface area contributed by atoms with Gasteiger partial charge in [-0.15, -0.1) is 0 Å². The molecular weight excluding hydrogens is 442 g/mol. The number of nitrogens with zero attached hydrogens (tertiary/aromatic N) is 1. The summed E-state index contributed by atoms with van der Waals surface area (Å²) in [4.78, 5) is 40.7. The summed E-state index contributed by atoms with van der Waals surface area (Å²) in [5, 5.41) is 0. The van der Waals surface area contributed by atoms with Crippen LogP contribution in [-0.2, 0) is 30.8 Å². The largest absolute Gasteiger partial charge is 0.509 e. The fraction of sp³-hybridized carbons (Fsp3) is 0.480. The molecule has 2 aliphatic carbocycles. The van der Waals surface area contributed by atoms with Gasteiger partial charge in [0.15, 0.2) is 29.0 Å². The van der Waals surface area contributed by atoms with Gasteiger partial charge < -0.3 is 28.6 Å². The van der Waals surface area contributed by atoms with Crippen LogP contribution in [0.4, 0.5) is 9.59 Å². The van der Waals surface area contributed by atoms with Crippen LogP contribution in [0.2, 0.25) is 0 Å². The molecule has 2 fully saturated rings. The number of likely N-dealkylation sites (tertiary alicyclic amines) is 1. The third-order valence-corrected chi connectivity index (χ3v) is 7.57. The summed E-state index contributed by atoms with van der Waals surface area (Å²) in [5.41, 5.74) is -0.443. The maximum Gasteiger partial charge on any atom is 0.509 e. The molecule has 1 aromatic rings. The minimum atomic E-state index is -1.24. The van der Waals surface area contributed by atoms with Crippen molar-refractivity contribution in [3.05, 3.63) is 48.6 Å². The molecule has 1 saturated carbocycles. The number of hydrogen-bond acceptors (Lipinski definition) is 8. The van der Waals surface area contributed by atoms with E-state index in [1.165, 1.54) is 12.2 Å². The predicted octanol–water partition coefficient (Wildman–Crippen LogP) is 3.09. The third kappa shape index (κ3) is 2.82. The SMILES string of the molecule is C=CCOC(=O)O[C@@]12CCC(=O)[C@@H]3Oc4c(OC)ccc5c4C31CCN(C(=O)OCC=C)[C@@H]2C5. The monoisotopic (exact) mass is 469 g/mol. The average molecular weight is 469 g/mol. The fourth-order valence-electron chi connectivity index (χ4n) is 6.39. The van der Waals surface area contributed by atoms with Crippen molar-refractivity contribution in [2.24, 2.45) is 0 Å². The molecule has 2 bridgehead atoms. The summed E-state index contributed by atoms with van der Waals surface area (Å²) in [6, 6.07) is 3.16. The molecule has 2 heterocycles. The lowest BCUT2D eigenvalue weighted by Gasteiger charge is -2.62. The van der Waals surface area contributed by atoms with Gasteiger partial charge in [-0.3, -0.25) is 4.79 Å². The molecule has 1 amide bonds. The van der Waals surface area contributed by atoms with Crippen molar-refractivity contribution in [3.63, 3.8) is 0 Å². The van der Waals surface area contributed by atoms with E-state index in [1.807, 2.05) is 6.07 Å². The van der Waals surface area contributed by atoms with Crippen molar-refractivity contribution in [3.8, 4) is 11.5 Å². The molecule has 9 heteroatoms. The lowest BCUT2D eigenvalue weighted by Crippen LogP contribution is -2.78. The molecule has 180 valence electrons. The Hall–Kier alpha value is -3.49. The second-order valence-electron chi connectivity index (χ2n) is 8.94. The first-order valence-corrected chi connectivity index (χ1v) is 11.3. The number of ether oxygens (including phenoxy) is 5. The van der Waals surface area contributed by atoms with Crippen LogP contribution >= 0.6 is 0 Å². The first-order valence-electron chi connectivity index (χ1n) is 11.3. The van der Waals surface area contributed by atoms with E-state index in [1.54, 1.807) is 18.1 Å². The molecule has 1 unspecified atom stereocenters. The summed E-state index contributed by atoms with van der Waals surface area (Å²) in [5.74, 6) is 0.963. The van der Waals surface area contributed by atoms with Crippen molar-refractivity contribution in [1.29, 1.82) is 0 Å². The number of benzene rings is 1. The summed E-state index contributed by atoms with van der Waals surface area (Å²) in [6.07, 6.45) is 1.82. The minimum Gasteiger partial charge on any atom is -0.493 e. The van der Waals surface area contributed by atoms with Gasteiger partial charge in [0, 0.05) is 18.5 Å². The Balaban J connectivity index is 1.69. The van der Waals surface area contributed by atoms with Crippen molar-refractivity contribution in [1.82, 2.24) is 4.90 Å². The van der Waals surface area contributed by atoms with Gasteiger partial charge in [-0.1, -0.05) is 31.4 Å². The number of piperidine rings is 1. The van der Waals surface area contributed by atoms with E-state index in [-0.39, 0.29) is 31.8 Å². The topological polar surface area (TPSA) is 101 Å². The zero-order chi connectivity index (χ0) is 24.1. The van der Waals surface area contributed by atoms with E-state index in [2.05, 4.69) is 13.2 Å². The van der Waals surface area contributed by atoms with Gasteiger partial charge in [-0.25, -0.2) is 9.59 Å². The molecule has 9 nitrogen and oxygen atoms in total. The van der Waals surface area contributed by atoms with E-state index in [0.29, 0.717) is 30.9 Å². The van der Waals surface area contributed by atoms with Crippen LogP contribution in [-0.4, -0.2) is 67.5 Å². The van der Waals surface area contributed by atoms with Crippen LogP contribution in [0.25, 0.3) is 0 Å². The molecule has 0 aromatic heterocycles.